The van der Waals surface area contributed by atoms with Gasteiger partial charge in [0.1, 0.15) is 0 Å². The molecule has 0 spiro atoms. The molecule has 0 amide bonds. The molecular weight excluding hydrogens is 178 g/mol. The lowest BCUT2D eigenvalue weighted by Gasteiger charge is -2.18. The zero-order valence-electron chi connectivity index (χ0n) is 8.64. The number of hydrogen-bond donors (Lipinski definition) is 2. The zero-order valence-corrected chi connectivity index (χ0v) is 8.64. The van der Waals surface area contributed by atoms with Gasteiger partial charge in [-0.3, -0.25) is 9.97 Å². The summed E-state index contributed by atoms with van der Waals surface area (Å²) in [5.74, 6) is 0. The van der Waals surface area contributed by atoms with Crippen molar-refractivity contribution in [2.75, 3.05) is 6.61 Å². The Bertz CT molecular complexity index is 253. The molecule has 0 aliphatic carbocycles. The maximum atomic E-state index is 8.75. The fourth-order valence-corrected chi connectivity index (χ4v) is 1.32. The van der Waals surface area contributed by atoms with Crippen LogP contribution in [0.25, 0.3) is 0 Å². The monoisotopic (exact) mass is 195 g/mol. The second-order valence-electron chi connectivity index (χ2n) is 3.43. The summed E-state index contributed by atoms with van der Waals surface area (Å²) in [6.45, 7) is 4.29. The second-order valence-corrected chi connectivity index (χ2v) is 3.43. The van der Waals surface area contributed by atoms with E-state index in [-0.39, 0.29) is 18.7 Å². The van der Waals surface area contributed by atoms with Gasteiger partial charge in [0.15, 0.2) is 0 Å². The fourth-order valence-electron chi connectivity index (χ4n) is 1.32. The molecule has 0 saturated heterocycles. The summed E-state index contributed by atoms with van der Waals surface area (Å²) in [6, 6.07) is 0.460. The van der Waals surface area contributed by atoms with Gasteiger partial charge in [-0.25, -0.2) is 0 Å². The van der Waals surface area contributed by atoms with Crippen LogP contribution in [0, 0.1) is 0 Å². The smallest absolute Gasteiger partial charge is 0.0753 e. The standard InChI is InChI=1S/C10H17N3O/c1-8(3-6-14)13-9(2)10-7-11-4-5-12-10/h4-5,7-9,13-14H,3,6H2,1-2H3. The fraction of sp³-hybridized carbons (Fsp3) is 0.600. The Kier molecular flexibility index (Phi) is 4.49. The van der Waals surface area contributed by atoms with Crippen LogP contribution in [0.1, 0.15) is 32.0 Å². The normalized spacial score (nSPS) is 15.1. The minimum atomic E-state index is 0.172. The summed E-state index contributed by atoms with van der Waals surface area (Å²) >= 11 is 0. The van der Waals surface area contributed by atoms with Gasteiger partial charge in [0.25, 0.3) is 0 Å². The van der Waals surface area contributed by atoms with E-state index >= 15 is 0 Å². The van der Waals surface area contributed by atoms with Crippen LogP contribution in [0.15, 0.2) is 18.6 Å². The van der Waals surface area contributed by atoms with Crippen LogP contribution in [0.4, 0.5) is 0 Å². The van der Waals surface area contributed by atoms with Crippen molar-refractivity contribution in [1.82, 2.24) is 15.3 Å². The van der Waals surface area contributed by atoms with E-state index in [1.54, 1.807) is 18.6 Å². The molecule has 0 saturated carbocycles. The lowest BCUT2D eigenvalue weighted by atomic mass is 10.2. The SMILES string of the molecule is CC(CCO)NC(C)c1cnccn1. The predicted molar refractivity (Wildman–Crippen MR) is 54.7 cm³/mol. The number of aromatic nitrogens is 2. The highest BCUT2D eigenvalue weighted by atomic mass is 16.3. The topological polar surface area (TPSA) is 58.0 Å². The average molecular weight is 195 g/mol. The van der Waals surface area contributed by atoms with Crippen LogP contribution in [0.3, 0.4) is 0 Å². The van der Waals surface area contributed by atoms with E-state index in [9.17, 15) is 0 Å². The Morgan fingerprint density at radius 2 is 2.21 bits per heavy atom. The first-order valence-electron chi connectivity index (χ1n) is 4.87. The van der Waals surface area contributed by atoms with Gasteiger partial charge in [-0.1, -0.05) is 0 Å². The van der Waals surface area contributed by atoms with Crippen molar-refractivity contribution in [1.29, 1.82) is 0 Å². The lowest BCUT2D eigenvalue weighted by Crippen LogP contribution is -2.30. The van der Waals surface area contributed by atoms with Crippen LogP contribution < -0.4 is 5.32 Å². The molecule has 0 fully saturated rings. The molecule has 1 aromatic heterocycles. The third-order valence-corrected chi connectivity index (χ3v) is 2.12. The van der Waals surface area contributed by atoms with E-state index in [1.165, 1.54) is 0 Å². The number of rotatable bonds is 5. The average Bonchev–Trinajstić information content (AvgIpc) is 2.19. The van der Waals surface area contributed by atoms with Crippen LogP contribution in [-0.4, -0.2) is 27.7 Å². The molecule has 1 aromatic rings. The Morgan fingerprint density at radius 1 is 1.43 bits per heavy atom. The minimum absolute atomic E-state index is 0.172. The number of aliphatic hydroxyl groups is 1. The van der Waals surface area contributed by atoms with Crippen molar-refractivity contribution in [2.24, 2.45) is 0 Å². The maximum Gasteiger partial charge on any atom is 0.0753 e. The van der Waals surface area contributed by atoms with Crippen LogP contribution in [0.2, 0.25) is 0 Å². The zero-order chi connectivity index (χ0) is 10.4. The molecule has 78 valence electrons. The van der Waals surface area contributed by atoms with Gasteiger partial charge < -0.3 is 10.4 Å². The molecule has 14 heavy (non-hydrogen) atoms. The molecule has 0 bridgehead atoms. The number of hydrogen-bond acceptors (Lipinski definition) is 4. The lowest BCUT2D eigenvalue weighted by molar-refractivity contribution is 0.264. The van der Waals surface area contributed by atoms with Crippen molar-refractivity contribution < 1.29 is 5.11 Å². The molecule has 2 N–H and O–H groups in total. The molecule has 0 aliphatic heterocycles. The summed E-state index contributed by atoms with van der Waals surface area (Å²) in [7, 11) is 0. The minimum Gasteiger partial charge on any atom is -0.396 e. The molecule has 4 nitrogen and oxygen atoms in total. The third-order valence-electron chi connectivity index (χ3n) is 2.12. The molecule has 4 heteroatoms. The molecule has 0 radical (unpaired) electrons. The van der Waals surface area contributed by atoms with E-state index in [0.717, 1.165) is 12.1 Å². The Balaban J connectivity index is 2.46. The highest BCUT2D eigenvalue weighted by Crippen LogP contribution is 2.08. The van der Waals surface area contributed by atoms with Gasteiger partial charge in [0.05, 0.1) is 5.69 Å². The van der Waals surface area contributed by atoms with Crippen molar-refractivity contribution in [3.8, 4) is 0 Å². The first-order chi connectivity index (χ1) is 6.74. The van der Waals surface area contributed by atoms with Crippen LogP contribution in [0.5, 0.6) is 0 Å². The molecule has 1 rings (SSSR count). The Labute approximate surface area is 84.4 Å². The third kappa shape index (κ3) is 3.40. The van der Waals surface area contributed by atoms with Crippen LogP contribution >= 0.6 is 0 Å². The van der Waals surface area contributed by atoms with E-state index in [0.29, 0.717) is 0 Å². The highest BCUT2D eigenvalue weighted by Gasteiger charge is 2.09. The van der Waals surface area contributed by atoms with Gasteiger partial charge in [-0.2, -0.15) is 0 Å². The van der Waals surface area contributed by atoms with E-state index < -0.39 is 0 Å². The molecule has 2 unspecified atom stereocenters. The van der Waals surface area contributed by atoms with Crippen molar-refractivity contribution in [3.63, 3.8) is 0 Å². The summed E-state index contributed by atoms with van der Waals surface area (Å²) < 4.78 is 0. The van der Waals surface area contributed by atoms with Gasteiger partial charge >= 0.3 is 0 Å². The van der Waals surface area contributed by atoms with E-state index in [1.807, 2.05) is 13.8 Å². The van der Waals surface area contributed by atoms with E-state index in [2.05, 4.69) is 15.3 Å². The van der Waals surface area contributed by atoms with Gasteiger partial charge in [0.2, 0.25) is 0 Å². The largest absolute Gasteiger partial charge is 0.396 e. The molecule has 1 heterocycles. The van der Waals surface area contributed by atoms with Gasteiger partial charge in [0, 0.05) is 37.3 Å². The van der Waals surface area contributed by atoms with Crippen molar-refractivity contribution >= 4 is 0 Å². The predicted octanol–water partition coefficient (Wildman–Crippen LogP) is 0.898. The van der Waals surface area contributed by atoms with Gasteiger partial charge in [-0.05, 0) is 20.3 Å². The summed E-state index contributed by atoms with van der Waals surface area (Å²) in [6.07, 6.45) is 5.85. The van der Waals surface area contributed by atoms with Crippen LogP contribution in [-0.2, 0) is 0 Å². The first kappa shape index (κ1) is 11.1. The summed E-state index contributed by atoms with van der Waals surface area (Å²) in [5, 5.41) is 12.1. The van der Waals surface area contributed by atoms with Crippen molar-refractivity contribution in [3.05, 3.63) is 24.3 Å². The summed E-state index contributed by atoms with van der Waals surface area (Å²) in [4.78, 5) is 8.21. The molecular formula is C10H17N3O. The molecule has 0 aromatic carbocycles. The summed E-state index contributed by atoms with van der Waals surface area (Å²) in [5.41, 5.74) is 0.928. The Morgan fingerprint density at radius 3 is 2.79 bits per heavy atom. The highest BCUT2D eigenvalue weighted by molar-refractivity contribution is 5.00. The maximum absolute atomic E-state index is 8.75. The Hall–Kier alpha value is -1.00. The number of nitrogens with one attached hydrogen (secondary N) is 1. The quantitative estimate of drug-likeness (QED) is 0.733. The number of aliphatic hydroxyl groups excluding tert-OH is 1. The van der Waals surface area contributed by atoms with Gasteiger partial charge in [-0.15, -0.1) is 0 Å². The van der Waals surface area contributed by atoms with Crippen molar-refractivity contribution in [2.45, 2.75) is 32.4 Å². The molecule has 0 aliphatic rings. The first-order valence-corrected chi connectivity index (χ1v) is 4.87. The molecule has 2 atom stereocenters. The number of nitrogens with zero attached hydrogens (tertiary/aromatic N) is 2. The van der Waals surface area contributed by atoms with E-state index in [4.69, 9.17) is 5.11 Å². The second kappa shape index (κ2) is 5.67.